The van der Waals surface area contributed by atoms with E-state index in [0.717, 1.165) is 31.6 Å². The summed E-state index contributed by atoms with van der Waals surface area (Å²) in [7, 11) is 2.22. The van der Waals surface area contributed by atoms with E-state index in [1.54, 1.807) is 11.3 Å². The highest BCUT2D eigenvalue weighted by molar-refractivity contribution is 7.09. The first-order chi connectivity index (χ1) is 9.30. The van der Waals surface area contributed by atoms with Crippen LogP contribution in [0, 0.1) is 18.8 Å². The largest absolute Gasteiger partial charge is 0.329 e. The molecule has 2 N–H and O–H groups in total. The standard InChI is InChI=1S/C16H31N3S/c1-12(2)7-16(10-17,8-13(3)4)19(6)9-15-14(5)18-11-20-15/h11-13H,7-10,17H2,1-6H3. The molecular formula is C16H31N3S. The Bertz CT molecular complexity index is 388. The minimum absolute atomic E-state index is 0.0960. The molecule has 0 aliphatic heterocycles. The van der Waals surface area contributed by atoms with Gasteiger partial charge in [0.05, 0.1) is 11.2 Å². The fourth-order valence-corrected chi connectivity index (χ4v) is 3.93. The van der Waals surface area contributed by atoms with Crippen LogP contribution in [0.5, 0.6) is 0 Å². The van der Waals surface area contributed by atoms with Gasteiger partial charge in [0.25, 0.3) is 0 Å². The first kappa shape index (κ1) is 17.6. The maximum atomic E-state index is 6.22. The second kappa shape index (κ2) is 7.53. The van der Waals surface area contributed by atoms with E-state index < -0.39 is 0 Å². The second-order valence-corrected chi connectivity index (χ2v) is 7.78. The third-order valence-corrected chi connectivity index (χ3v) is 4.91. The highest BCUT2D eigenvalue weighted by Gasteiger charge is 2.35. The van der Waals surface area contributed by atoms with E-state index in [-0.39, 0.29) is 5.54 Å². The molecule has 0 atom stereocenters. The van der Waals surface area contributed by atoms with Gasteiger partial charge in [-0.05, 0) is 38.6 Å². The van der Waals surface area contributed by atoms with Crippen molar-refractivity contribution in [3.63, 3.8) is 0 Å². The Kier molecular flexibility index (Phi) is 6.62. The number of nitrogens with two attached hydrogens (primary N) is 1. The Hall–Kier alpha value is -0.450. The van der Waals surface area contributed by atoms with Gasteiger partial charge in [0, 0.05) is 23.5 Å². The summed E-state index contributed by atoms with van der Waals surface area (Å²) in [6.45, 7) is 12.9. The summed E-state index contributed by atoms with van der Waals surface area (Å²) in [5, 5.41) is 0. The lowest BCUT2D eigenvalue weighted by molar-refractivity contribution is 0.0721. The molecule has 0 unspecified atom stereocenters. The monoisotopic (exact) mass is 297 g/mol. The van der Waals surface area contributed by atoms with E-state index >= 15 is 0 Å². The molecule has 1 rings (SSSR count). The van der Waals surface area contributed by atoms with Gasteiger partial charge in [-0.3, -0.25) is 4.90 Å². The number of rotatable bonds is 8. The molecule has 116 valence electrons. The van der Waals surface area contributed by atoms with Crippen LogP contribution >= 0.6 is 11.3 Å². The third kappa shape index (κ3) is 4.54. The summed E-state index contributed by atoms with van der Waals surface area (Å²) < 4.78 is 0. The van der Waals surface area contributed by atoms with E-state index in [1.165, 1.54) is 4.88 Å². The van der Waals surface area contributed by atoms with Crippen LogP contribution in [-0.4, -0.2) is 29.0 Å². The molecule has 3 nitrogen and oxygen atoms in total. The summed E-state index contributed by atoms with van der Waals surface area (Å²) in [6, 6.07) is 0. The topological polar surface area (TPSA) is 42.2 Å². The maximum absolute atomic E-state index is 6.22. The summed E-state index contributed by atoms with van der Waals surface area (Å²) in [6.07, 6.45) is 2.30. The van der Waals surface area contributed by atoms with Crippen molar-refractivity contribution >= 4 is 11.3 Å². The average Bonchev–Trinajstić information content (AvgIpc) is 2.72. The number of hydrogen-bond donors (Lipinski definition) is 1. The quantitative estimate of drug-likeness (QED) is 0.796. The van der Waals surface area contributed by atoms with Crippen LogP contribution in [0.4, 0.5) is 0 Å². The van der Waals surface area contributed by atoms with Crippen LogP contribution in [0.2, 0.25) is 0 Å². The van der Waals surface area contributed by atoms with Gasteiger partial charge in [0.1, 0.15) is 0 Å². The SMILES string of the molecule is Cc1ncsc1CN(C)C(CN)(CC(C)C)CC(C)C. The Labute approximate surface area is 128 Å². The minimum atomic E-state index is 0.0960. The van der Waals surface area contributed by atoms with Crippen LogP contribution < -0.4 is 5.73 Å². The smallest absolute Gasteiger partial charge is 0.0798 e. The summed E-state index contributed by atoms with van der Waals surface area (Å²) in [5.74, 6) is 1.31. The van der Waals surface area contributed by atoms with Gasteiger partial charge in [-0.2, -0.15) is 0 Å². The fourth-order valence-electron chi connectivity index (χ4n) is 3.10. The molecule has 4 heteroatoms. The van der Waals surface area contributed by atoms with E-state index in [0.29, 0.717) is 11.8 Å². The van der Waals surface area contributed by atoms with Crippen LogP contribution in [0.1, 0.15) is 51.1 Å². The predicted molar refractivity (Wildman–Crippen MR) is 89.0 cm³/mol. The molecule has 0 aliphatic carbocycles. The summed E-state index contributed by atoms with van der Waals surface area (Å²) in [5.41, 5.74) is 9.41. The molecule has 0 aliphatic rings. The van der Waals surface area contributed by atoms with Gasteiger partial charge >= 0.3 is 0 Å². The molecule has 0 radical (unpaired) electrons. The van der Waals surface area contributed by atoms with Crippen molar-refractivity contribution in [2.75, 3.05) is 13.6 Å². The lowest BCUT2D eigenvalue weighted by Gasteiger charge is -2.44. The third-order valence-electron chi connectivity index (χ3n) is 3.99. The first-order valence-electron chi connectivity index (χ1n) is 7.61. The number of nitrogens with zero attached hydrogens (tertiary/aromatic N) is 2. The molecule has 0 spiro atoms. The number of hydrogen-bond acceptors (Lipinski definition) is 4. The van der Waals surface area contributed by atoms with E-state index in [1.807, 2.05) is 5.51 Å². The second-order valence-electron chi connectivity index (χ2n) is 6.84. The van der Waals surface area contributed by atoms with Crippen LogP contribution in [0.3, 0.4) is 0 Å². The zero-order chi connectivity index (χ0) is 15.3. The highest BCUT2D eigenvalue weighted by Crippen LogP contribution is 2.31. The molecule has 1 heterocycles. The molecular weight excluding hydrogens is 266 g/mol. The Morgan fingerprint density at radius 1 is 1.25 bits per heavy atom. The number of aryl methyl sites for hydroxylation is 1. The van der Waals surface area contributed by atoms with Gasteiger partial charge in [0.15, 0.2) is 0 Å². The molecule has 0 fully saturated rings. The zero-order valence-electron chi connectivity index (χ0n) is 13.9. The van der Waals surface area contributed by atoms with Crippen molar-refractivity contribution in [2.24, 2.45) is 17.6 Å². The number of aromatic nitrogens is 1. The zero-order valence-corrected chi connectivity index (χ0v) is 14.8. The van der Waals surface area contributed by atoms with Gasteiger partial charge in [-0.15, -0.1) is 11.3 Å². The summed E-state index contributed by atoms with van der Waals surface area (Å²) >= 11 is 1.75. The minimum Gasteiger partial charge on any atom is -0.329 e. The lowest BCUT2D eigenvalue weighted by Crippen LogP contribution is -2.53. The van der Waals surface area contributed by atoms with Crippen molar-refractivity contribution in [1.29, 1.82) is 0 Å². The molecule has 0 saturated carbocycles. The molecule has 0 aromatic carbocycles. The molecule has 20 heavy (non-hydrogen) atoms. The van der Waals surface area contributed by atoms with Gasteiger partial charge in [-0.1, -0.05) is 27.7 Å². The Morgan fingerprint density at radius 2 is 1.80 bits per heavy atom. The maximum Gasteiger partial charge on any atom is 0.0798 e. The molecule has 0 bridgehead atoms. The molecule has 0 saturated heterocycles. The van der Waals surface area contributed by atoms with Crippen molar-refractivity contribution < 1.29 is 0 Å². The van der Waals surface area contributed by atoms with Crippen molar-refractivity contribution in [1.82, 2.24) is 9.88 Å². The van der Waals surface area contributed by atoms with E-state index in [4.69, 9.17) is 5.73 Å². The van der Waals surface area contributed by atoms with Crippen molar-refractivity contribution in [3.8, 4) is 0 Å². The molecule has 1 aromatic rings. The Morgan fingerprint density at radius 3 is 2.15 bits per heavy atom. The van der Waals surface area contributed by atoms with Gasteiger partial charge < -0.3 is 5.73 Å². The fraction of sp³-hybridized carbons (Fsp3) is 0.812. The van der Waals surface area contributed by atoms with Gasteiger partial charge in [-0.25, -0.2) is 4.98 Å². The van der Waals surface area contributed by atoms with Crippen molar-refractivity contribution in [3.05, 3.63) is 16.1 Å². The number of likely N-dealkylation sites (N-methyl/N-ethyl adjacent to an activating group) is 1. The normalized spacial score (nSPS) is 12.9. The highest BCUT2D eigenvalue weighted by atomic mass is 32.1. The first-order valence-corrected chi connectivity index (χ1v) is 8.49. The van der Waals surface area contributed by atoms with Gasteiger partial charge in [0.2, 0.25) is 0 Å². The average molecular weight is 298 g/mol. The van der Waals surface area contributed by atoms with Crippen LogP contribution in [-0.2, 0) is 6.54 Å². The molecule has 0 amide bonds. The van der Waals surface area contributed by atoms with Crippen molar-refractivity contribution in [2.45, 2.75) is 59.5 Å². The molecule has 1 aromatic heterocycles. The predicted octanol–water partition coefficient (Wildman–Crippen LogP) is 3.67. The summed E-state index contributed by atoms with van der Waals surface area (Å²) in [4.78, 5) is 8.18. The van der Waals surface area contributed by atoms with Crippen LogP contribution in [0.25, 0.3) is 0 Å². The Balaban J connectivity index is 2.92. The number of thiazole rings is 1. The van der Waals surface area contributed by atoms with E-state index in [9.17, 15) is 0 Å². The van der Waals surface area contributed by atoms with Crippen LogP contribution in [0.15, 0.2) is 5.51 Å². The van der Waals surface area contributed by atoms with E-state index in [2.05, 4.69) is 51.6 Å². The lowest BCUT2D eigenvalue weighted by atomic mass is 9.80.